The molecule has 0 aromatic rings. The average molecular weight is 294 g/mol. The second-order valence-corrected chi connectivity index (χ2v) is 6.13. The molecule has 0 spiro atoms. The quantitative estimate of drug-likeness (QED) is 0.355. The normalized spacial score (nSPS) is 11.4. The van der Waals surface area contributed by atoms with Gasteiger partial charge in [-0.05, 0) is 12.8 Å². The van der Waals surface area contributed by atoms with Crippen LogP contribution in [-0.4, -0.2) is 96.6 Å². The van der Waals surface area contributed by atoms with Crippen LogP contribution < -0.4 is 0 Å². The fraction of sp³-hybridized carbons (Fsp3) is 1.00. The van der Waals surface area contributed by atoms with E-state index in [1.54, 1.807) is 0 Å². The van der Waals surface area contributed by atoms with Crippen molar-refractivity contribution in [2.24, 2.45) is 0 Å². The van der Waals surface area contributed by atoms with E-state index in [4.69, 9.17) is 9.11 Å². The molecule has 0 saturated carbocycles. The number of hydrogen-bond donors (Lipinski definition) is 2. The van der Waals surface area contributed by atoms with Crippen LogP contribution in [-0.2, 0) is 20.2 Å². The van der Waals surface area contributed by atoms with Crippen LogP contribution in [0.15, 0.2) is 0 Å². The van der Waals surface area contributed by atoms with Crippen molar-refractivity contribution in [3.63, 3.8) is 0 Å². The molecule has 0 amide bonds. The molecular formula is C6H16Na2O6S2. The summed E-state index contributed by atoms with van der Waals surface area (Å²) in [5, 5.41) is 0. The van der Waals surface area contributed by atoms with Gasteiger partial charge in [0.25, 0.3) is 20.2 Å². The molecule has 10 heteroatoms. The molecule has 16 heavy (non-hydrogen) atoms. The minimum absolute atomic E-state index is 0. The third kappa shape index (κ3) is 21.1. The molecular weight excluding hydrogens is 278 g/mol. The Bertz CT molecular complexity index is 313. The van der Waals surface area contributed by atoms with Gasteiger partial charge in [0.05, 0.1) is 11.5 Å². The summed E-state index contributed by atoms with van der Waals surface area (Å²) in [6.45, 7) is 0. The van der Waals surface area contributed by atoms with Gasteiger partial charge in [0.2, 0.25) is 0 Å². The Hall–Kier alpha value is 1.82. The van der Waals surface area contributed by atoms with E-state index in [1.807, 2.05) is 0 Å². The predicted molar refractivity (Wildman–Crippen MR) is 65.6 cm³/mol. The van der Waals surface area contributed by atoms with Crippen LogP contribution in [0.25, 0.3) is 0 Å². The van der Waals surface area contributed by atoms with Gasteiger partial charge >= 0.3 is 59.1 Å². The third-order valence-corrected chi connectivity index (χ3v) is 3.16. The first-order valence-electron chi connectivity index (χ1n) is 4.11. The van der Waals surface area contributed by atoms with Crippen molar-refractivity contribution < 1.29 is 25.9 Å². The van der Waals surface area contributed by atoms with Crippen LogP contribution in [0.3, 0.4) is 0 Å². The number of rotatable bonds is 7. The van der Waals surface area contributed by atoms with E-state index >= 15 is 0 Å². The van der Waals surface area contributed by atoms with Crippen LogP contribution in [0.2, 0.25) is 0 Å². The van der Waals surface area contributed by atoms with Gasteiger partial charge in [-0.25, -0.2) is 0 Å². The van der Waals surface area contributed by atoms with Crippen LogP contribution in [0.1, 0.15) is 25.7 Å². The van der Waals surface area contributed by atoms with Gasteiger partial charge in [-0.2, -0.15) is 16.8 Å². The summed E-state index contributed by atoms with van der Waals surface area (Å²) in [5.41, 5.74) is 0. The third-order valence-electron chi connectivity index (χ3n) is 1.55. The van der Waals surface area contributed by atoms with Crippen LogP contribution in [0, 0.1) is 0 Å². The molecule has 6 nitrogen and oxygen atoms in total. The first kappa shape index (κ1) is 23.0. The molecule has 90 valence electrons. The predicted octanol–water partition coefficient (Wildman–Crippen LogP) is -0.975. The first-order chi connectivity index (χ1) is 6.21. The minimum atomic E-state index is -3.91. The first-order valence-corrected chi connectivity index (χ1v) is 7.33. The summed E-state index contributed by atoms with van der Waals surface area (Å²) >= 11 is 0. The van der Waals surface area contributed by atoms with Crippen molar-refractivity contribution in [1.82, 2.24) is 0 Å². The Kier molecular flexibility index (Phi) is 15.4. The van der Waals surface area contributed by atoms with E-state index in [1.165, 1.54) is 0 Å². The Morgan fingerprint density at radius 3 is 1.06 bits per heavy atom. The van der Waals surface area contributed by atoms with Gasteiger partial charge in [-0.15, -0.1) is 0 Å². The van der Waals surface area contributed by atoms with E-state index in [0.29, 0.717) is 25.7 Å². The SMILES string of the molecule is O=S(=O)(O)CCCCCCS(=O)(=O)O.[NaH].[NaH]. The van der Waals surface area contributed by atoms with Gasteiger partial charge in [0, 0.05) is 0 Å². The summed E-state index contributed by atoms with van der Waals surface area (Å²) in [7, 11) is -7.81. The molecule has 0 aliphatic rings. The molecule has 0 saturated heterocycles. The molecule has 0 heterocycles. The Labute approximate surface area is 141 Å². The molecule has 2 N–H and O–H groups in total. The summed E-state index contributed by atoms with van der Waals surface area (Å²) in [6.07, 6.45) is 1.61. The van der Waals surface area contributed by atoms with Crippen LogP contribution in [0.5, 0.6) is 0 Å². The molecule has 0 bridgehead atoms. The monoisotopic (exact) mass is 294 g/mol. The Morgan fingerprint density at radius 1 is 0.625 bits per heavy atom. The van der Waals surface area contributed by atoms with Crippen LogP contribution in [0.4, 0.5) is 0 Å². The summed E-state index contributed by atoms with van der Waals surface area (Å²) in [5.74, 6) is -0.613. The number of hydrogen-bond acceptors (Lipinski definition) is 4. The van der Waals surface area contributed by atoms with E-state index in [0.717, 1.165) is 0 Å². The van der Waals surface area contributed by atoms with Crippen molar-refractivity contribution in [2.45, 2.75) is 25.7 Å². The fourth-order valence-corrected chi connectivity index (χ4v) is 2.06. The molecule has 0 aliphatic carbocycles. The topological polar surface area (TPSA) is 109 Å². The molecule has 0 aliphatic heterocycles. The van der Waals surface area contributed by atoms with Gasteiger partial charge < -0.3 is 0 Å². The van der Waals surface area contributed by atoms with E-state index in [2.05, 4.69) is 0 Å². The van der Waals surface area contributed by atoms with E-state index in [9.17, 15) is 16.8 Å². The zero-order chi connectivity index (χ0) is 11.2. The molecule has 0 radical (unpaired) electrons. The summed E-state index contributed by atoms with van der Waals surface area (Å²) in [6, 6.07) is 0. The second kappa shape index (κ2) is 10.7. The van der Waals surface area contributed by atoms with E-state index in [-0.39, 0.29) is 70.6 Å². The van der Waals surface area contributed by atoms with Crippen molar-refractivity contribution >= 4 is 79.4 Å². The molecule has 0 unspecified atom stereocenters. The number of unbranched alkanes of at least 4 members (excludes halogenated alkanes) is 3. The van der Waals surface area contributed by atoms with Gasteiger partial charge in [-0.3, -0.25) is 9.11 Å². The van der Waals surface area contributed by atoms with Gasteiger partial charge in [0.1, 0.15) is 0 Å². The molecule has 0 aromatic heterocycles. The molecule has 0 atom stereocenters. The zero-order valence-electron chi connectivity index (χ0n) is 7.59. The van der Waals surface area contributed by atoms with E-state index < -0.39 is 20.2 Å². The van der Waals surface area contributed by atoms with Crippen molar-refractivity contribution in [2.75, 3.05) is 11.5 Å². The van der Waals surface area contributed by atoms with Gasteiger partial charge in [0.15, 0.2) is 0 Å². The second-order valence-electron chi connectivity index (χ2n) is 2.99. The fourth-order valence-electron chi connectivity index (χ4n) is 0.922. The Morgan fingerprint density at radius 2 is 0.875 bits per heavy atom. The maximum atomic E-state index is 10.2. The van der Waals surface area contributed by atoms with Crippen molar-refractivity contribution in [1.29, 1.82) is 0 Å². The van der Waals surface area contributed by atoms with Crippen LogP contribution >= 0.6 is 0 Å². The summed E-state index contributed by atoms with van der Waals surface area (Å²) < 4.78 is 57.7. The molecule has 0 rings (SSSR count). The average Bonchev–Trinajstić information content (AvgIpc) is 1.92. The molecule has 0 fully saturated rings. The van der Waals surface area contributed by atoms with Crippen molar-refractivity contribution in [3.8, 4) is 0 Å². The standard InChI is InChI=1S/C6H14O6S2.2Na.2H/c7-13(8,9)5-3-1-2-4-6-14(10,11)12;;;;/h1-6H2,(H,7,8,9)(H,10,11,12);;;;. The molecule has 0 aromatic carbocycles. The Balaban J connectivity index is -0.000000845. The maximum absolute atomic E-state index is 10.2. The summed E-state index contributed by atoms with van der Waals surface area (Å²) in [4.78, 5) is 0. The zero-order valence-corrected chi connectivity index (χ0v) is 9.22. The van der Waals surface area contributed by atoms with Crippen molar-refractivity contribution in [3.05, 3.63) is 0 Å². The van der Waals surface area contributed by atoms with Gasteiger partial charge in [-0.1, -0.05) is 12.8 Å².